The molecule has 1 N–H and O–H groups in total. The van der Waals surface area contributed by atoms with Gasteiger partial charge < -0.3 is 23.9 Å². The van der Waals surface area contributed by atoms with E-state index < -0.39 is 5.97 Å². The first-order valence-corrected chi connectivity index (χ1v) is 6.87. The molecule has 0 bridgehead atoms. The zero-order valence-corrected chi connectivity index (χ0v) is 13.5. The van der Waals surface area contributed by atoms with Crippen molar-refractivity contribution in [1.29, 1.82) is 0 Å². The van der Waals surface area contributed by atoms with E-state index >= 15 is 0 Å². The summed E-state index contributed by atoms with van der Waals surface area (Å²) in [4.78, 5) is 15.0. The van der Waals surface area contributed by atoms with E-state index in [0.29, 0.717) is 28.5 Å². The zero-order valence-electron chi connectivity index (χ0n) is 13.5. The van der Waals surface area contributed by atoms with Gasteiger partial charge in [-0.1, -0.05) is 12.2 Å². The van der Waals surface area contributed by atoms with Gasteiger partial charge in [-0.15, -0.1) is 0 Å². The number of benzene rings is 1. The van der Waals surface area contributed by atoms with Gasteiger partial charge in [-0.25, -0.2) is 4.79 Å². The first-order valence-electron chi connectivity index (χ1n) is 6.87. The Kier molecular flexibility index (Phi) is 5.30. The van der Waals surface area contributed by atoms with Gasteiger partial charge in [0.25, 0.3) is 0 Å². The minimum absolute atomic E-state index is 0.342. The molecule has 2 rings (SSSR count). The van der Waals surface area contributed by atoms with Crippen LogP contribution in [0.5, 0.6) is 17.4 Å². The molecule has 0 aliphatic heterocycles. The Hall–Kier alpha value is -2.89. The van der Waals surface area contributed by atoms with Crippen molar-refractivity contribution >= 4 is 18.1 Å². The van der Waals surface area contributed by atoms with E-state index in [1.807, 2.05) is 12.1 Å². The van der Waals surface area contributed by atoms with Gasteiger partial charge in [-0.05, 0) is 17.2 Å². The summed E-state index contributed by atoms with van der Waals surface area (Å²) in [6.45, 7) is 0. The largest absolute Gasteiger partial charge is 0.497 e. The molecule has 1 aromatic carbocycles. The molecule has 2 aromatic rings. The number of aromatic nitrogens is 1. The summed E-state index contributed by atoms with van der Waals surface area (Å²) in [5, 5.41) is 0. The van der Waals surface area contributed by atoms with Crippen LogP contribution in [0, 0.1) is 0 Å². The minimum atomic E-state index is -0.476. The third-order valence-corrected chi connectivity index (χ3v) is 3.31. The first-order chi connectivity index (χ1) is 11.1. The average molecular weight is 317 g/mol. The fourth-order valence-electron chi connectivity index (χ4n) is 2.13. The van der Waals surface area contributed by atoms with E-state index in [1.54, 1.807) is 38.6 Å². The van der Waals surface area contributed by atoms with E-state index in [0.717, 1.165) is 5.56 Å². The highest BCUT2D eigenvalue weighted by Crippen LogP contribution is 2.31. The monoisotopic (exact) mass is 317 g/mol. The second-order valence-corrected chi connectivity index (χ2v) is 4.62. The summed E-state index contributed by atoms with van der Waals surface area (Å²) in [5.74, 6) is 1.15. The molecule has 0 aliphatic carbocycles. The van der Waals surface area contributed by atoms with E-state index in [2.05, 4.69) is 4.98 Å². The highest BCUT2D eigenvalue weighted by Gasteiger charge is 2.18. The third kappa shape index (κ3) is 3.66. The Morgan fingerprint density at radius 3 is 2.35 bits per heavy atom. The second kappa shape index (κ2) is 7.40. The van der Waals surface area contributed by atoms with E-state index in [9.17, 15) is 4.79 Å². The summed E-state index contributed by atoms with van der Waals surface area (Å²) in [6, 6.07) is 5.23. The normalized spacial score (nSPS) is 10.6. The van der Waals surface area contributed by atoms with Gasteiger partial charge in [0.1, 0.15) is 17.1 Å². The molecule has 1 heterocycles. The van der Waals surface area contributed by atoms with Gasteiger partial charge in [0.05, 0.1) is 28.4 Å². The van der Waals surface area contributed by atoms with Crippen molar-refractivity contribution in [3.05, 3.63) is 41.1 Å². The van der Waals surface area contributed by atoms with Gasteiger partial charge in [0, 0.05) is 18.3 Å². The van der Waals surface area contributed by atoms with Crippen LogP contribution in [0.2, 0.25) is 0 Å². The molecule has 0 amide bonds. The summed E-state index contributed by atoms with van der Waals surface area (Å²) in [7, 11) is 5.96. The van der Waals surface area contributed by atoms with Gasteiger partial charge in [0.15, 0.2) is 5.88 Å². The van der Waals surface area contributed by atoms with Crippen molar-refractivity contribution in [2.75, 3.05) is 28.4 Å². The standard InChI is InChI=1S/C17H19NO5/c1-20-13-8-12(6-5-11-7-15(22-3)18-10-11)16(17(19)23-4)14(9-13)21-2/h5-10,18H,1-4H3/b6-5+. The molecule has 0 spiro atoms. The number of hydrogen-bond donors (Lipinski definition) is 1. The van der Waals surface area contributed by atoms with Crippen LogP contribution >= 0.6 is 0 Å². The molecule has 0 aliphatic rings. The number of rotatable bonds is 6. The summed E-state index contributed by atoms with van der Waals surface area (Å²) < 4.78 is 20.5. The Morgan fingerprint density at radius 2 is 1.78 bits per heavy atom. The summed E-state index contributed by atoms with van der Waals surface area (Å²) in [6.07, 6.45) is 5.43. The molecule has 23 heavy (non-hydrogen) atoms. The first kappa shape index (κ1) is 16.5. The maximum atomic E-state index is 12.1. The van der Waals surface area contributed by atoms with Crippen LogP contribution in [-0.2, 0) is 4.74 Å². The fourth-order valence-corrected chi connectivity index (χ4v) is 2.13. The predicted molar refractivity (Wildman–Crippen MR) is 87.2 cm³/mol. The molecule has 0 saturated carbocycles. The summed E-state index contributed by atoms with van der Waals surface area (Å²) in [5.41, 5.74) is 1.88. The number of carbonyl (C=O) groups is 1. The topological polar surface area (TPSA) is 69.8 Å². The zero-order chi connectivity index (χ0) is 16.8. The number of methoxy groups -OCH3 is 4. The number of H-pyrrole nitrogens is 1. The van der Waals surface area contributed by atoms with Gasteiger partial charge in [-0.3, -0.25) is 0 Å². The average Bonchev–Trinajstić information content (AvgIpc) is 3.06. The number of nitrogens with one attached hydrogen (secondary N) is 1. The molecule has 6 nitrogen and oxygen atoms in total. The SMILES string of the molecule is COC(=O)c1c(/C=C/c2c[nH]c(OC)c2)cc(OC)cc1OC. The third-order valence-electron chi connectivity index (χ3n) is 3.31. The van der Waals surface area contributed by atoms with Gasteiger partial charge >= 0.3 is 5.97 Å². The molecule has 0 radical (unpaired) electrons. The van der Waals surface area contributed by atoms with E-state index in [4.69, 9.17) is 18.9 Å². The van der Waals surface area contributed by atoms with E-state index in [1.165, 1.54) is 14.2 Å². The van der Waals surface area contributed by atoms with Crippen LogP contribution in [0.1, 0.15) is 21.5 Å². The van der Waals surface area contributed by atoms with Gasteiger partial charge in [0.2, 0.25) is 0 Å². The smallest absolute Gasteiger partial charge is 0.342 e. The molecule has 6 heteroatoms. The maximum absolute atomic E-state index is 12.1. The lowest BCUT2D eigenvalue weighted by atomic mass is 10.0. The lowest BCUT2D eigenvalue weighted by Gasteiger charge is -2.12. The number of carbonyl (C=O) groups excluding carboxylic acids is 1. The van der Waals surface area contributed by atoms with Crippen molar-refractivity contribution in [1.82, 2.24) is 4.98 Å². The number of ether oxygens (including phenoxy) is 4. The van der Waals surface area contributed by atoms with Crippen molar-refractivity contribution in [3.63, 3.8) is 0 Å². The highest BCUT2D eigenvalue weighted by molar-refractivity contribution is 5.98. The van der Waals surface area contributed by atoms with Crippen LogP contribution in [-0.4, -0.2) is 39.4 Å². The molecular weight excluding hydrogens is 298 g/mol. The van der Waals surface area contributed by atoms with Crippen LogP contribution in [0.15, 0.2) is 24.4 Å². The summed E-state index contributed by atoms with van der Waals surface area (Å²) >= 11 is 0. The molecular formula is C17H19NO5. The molecule has 0 fully saturated rings. The van der Waals surface area contributed by atoms with Crippen LogP contribution in [0.3, 0.4) is 0 Å². The number of hydrogen-bond acceptors (Lipinski definition) is 5. The number of esters is 1. The lowest BCUT2D eigenvalue weighted by Crippen LogP contribution is -2.07. The van der Waals surface area contributed by atoms with Crippen molar-refractivity contribution in [2.45, 2.75) is 0 Å². The van der Waals surface area contributed by atoms with Crippen LogP contribution in [0.4, 0.5) is 0 Å². The predicted octanol–water partition coefficient (Wildman–Crippen LogP) is 3.00. The van der Waals surface area contributed by atoms with Crippen LogP contribution in [0.25, 0.3) is 12.2 Å². The molecule has 0 unspecified atom stereocenters. The fraction of sp³-hybridized carbons (Fsp3) is 0.235. The van der Waals surface area contributed by atoms with Crippen molar-refractivity contribution in [2.24, 2.45) is 0 Å². The van der Waals surface area contributed by atoms with Crippen molar-refractivity contribution in [3.8, 4) is 17.4 Å². The second-order valence-electron chi connectivity index (χ2n) is 4.62. The van der Waals surface area contributed by atoms with Crippen LogP contribution < -0.4 is 14.2 Å². The maximum Gasteiger partial charge on any atom is 0.342 e. The lowest BCUT2D eigenvalue weighted by molar-refractivity contribution is 0.0597. The highest BCUT2D eigenvalue weighted by atomic mass is 16.5. The molecule has 0 saturated heterocycles. The molecule has 122 valence electrons. The van der Waals surface area contributed by atoms with Gasteiger partial charge in [-0.2, -0.15) is 0 Å². The Bertz CT molecular complexity index is 718. The minimum Gasteiger partial charge on any atom is -0.497 e. The molecule has 1 aromatic heterocycles. The quantitative estimate of drug-likeness (QED) is 0.829. The number of aromatic amines is 1. The van der Waals surface area contributed by atoms with Crippen molar-refractivity contribution < 1.29 is 23.7 Å². The Morgan fingerprint density at radius 1 is 1.00 bits per heavy atom. The van der Waals surface area contributed by atoms with E-state index in [-0.39, 0.29) is 0 Å². The Balaban J connectivity index is 2.47. The Labute approximate surface area is 134 Å². The molecule has 0 atom stereocenters.